The molecule has 2 aromatic heterocycles. The normalized spacial score (nSPS) is 11.7. The maximum atomic E-state index is 15.7. The Morgan fingerprint density at radius 3 is 2.56 bits per heavy atom. The second-order valence-corrected chi connectivity index (χ2v) is 7.88. The number of aromatic amines is 1. The molecule has 0 amide bonds. The van der Waals surface area contributed by atoms with Crippen LogP contribution in [-0.4, -0.2) is 51.4 Å². The molecular formula is C23H23ClF2N4O2. The van der Waals surface area contributed by atoms with E-state index in [1.165, 1.54) is 12.1 Å². The van der Waals surface area contributed by atoms with E-state index in [9.17, 15) is 5.11 Å². The highest BCUT2D eigenvalue weighted by Gasteiger charge is 2.24. The number of rotatable bonds is 7. The number of halogens is 3. The van der Waals surface area contributed by atoms with Crippen LogP contribution in [0.1, 0.15) is 19.5 Å². The lowest BCUT2D eigenvalue weighted by molar-refractivity contribution is 0.217. The predicted octanol–water partition coefficient (Wildman–Crippen LogP) is 5.44. The Hall–Kier alpha value is -2.97. The van der Waals surface area contributed by atoms with E-state index >= 15 is 8.78 Å². The summed E-state index contributed by atoms with van der Waals surface area (Å²) in [7, 11) is 0. The first-order valence-electron chi connectivity index (χ1n) is 10.4. The predicted molar refractivity (Wildman–Crippen MR) is 121 cm³/mol. The lowest BCUT2D eigenvalue weighted by Crippen LogP contribution is -2.28. The van der Waals surface area contributed by atoms with Crippen molar-refractivity contribution in [2.75, 3.05) is 26.2 Å². The number of aromatic hydroxyl groups is 1. The van der Waals surface area contributed by atoms with Crippen molar-refractivity contribution in [2.45, 2.75) is 20.8 Å². The summed E-state index contributed by atoms with van der Waals surface area (Å²) < 4.78 is 36.8. The smallest absolute Gasteiger partial charge is 0.182 e. The number of aromatic nitrogens is 3. The highest BCUT2D eigenvalue weighted by atomic mass is 35.5. The summed E-state index contributed by atoms with van der Waals surface area (Å²) in [5, 5.41) is 17.2. The van der Waals surface area contributed by atoms with Gasteiger partial charge >= 0.3 is 0 Å². The van der Waals surface area contributed by atoms with Crippen molar-refractivity contribution in [2.24, 2.45) is 0 Å². The van der Waals surface area contributed by atoms with Gasteiger partial charge in [0, 0.05) is 34.6 Å². The second-order valence-electron chi connectivity index (χ2n) is 7.47. The van der Waals surface area contributed by atoms with Gasteiger partial charge in [-0.15, -0.1) is 0 Å². The molecule has 6 nitrogen and oxygen atoms in total. The SMILES string of the molecule is CCN(CC)CCOc1cc(F)c2c(-c3ccc(O)c(Cl)c3)nc3n[nH]c(C)c3c2c1F. The van der Waals surface area contributed by atoms with Gasteiger partial charge < -0.3 is 14.7 Å². The Balaban J connectivity index is 1.92. The van der Waals surface area contributed by atoms with Crippen LogP contribution in [-0.2, 0) is 0 Å². The number of hydrogen-bond acceptors (Lipinski definition) is 5. The van der Waals surface area contributed by atoms with Crippen molar-refractivity contribution in [1.82, 2.24) is 20.1 Å². The maximum Gasteiger partial charge on any atom is 0.182 e. The summed E-state index contributed by atoms with van der Waals surface area (Å²) in [6, 6.07) is 5.43. The third-order valence-corrected chi connectivity index (χ3v) is 5.90. The fraction of sp³-hybridized carbons (Fsp3) is 0.304. The van der Waals surface area contributed by atoms with Gasteiger partial charge in [-0.25, -0.2) is 13.8 Å². The molecule has 0 atom stereocenters. The van der Waals surface area contributed by atoms with Gasteiger partial charge in [0.1, 0.15) is 18.2 Å². The number of pyridine rings is 1. The van der Waals surface area contributed by atoms with Gasteiger partial charge in [-0.1, -0.05) is 25.4 Å². The zero-order valence-electron chi connectivity index (χ0n) is 18.0. The lowest BCUT2D eigenvalue weighted by Gasteiger charge is -2.19. The first kappa shape index (κ1) is 22.2. The van der Waals surface area contributed by atoms with E-state index in [0.29, 0.717) is 23.2 Å². The molecule has 0 saturated heterocycles. The quantitative estimate of drug-likeness (QED) is 0.384. The highest BCUT2D eigenvalue weighted by molar-refractivity contribution is 6.32. The summed E-state index contributed by atoms with van der Waals surface area (Å²) >= 11 is 6.05. The molecule has 0 spiro atoms. The molecule has 0 radical (unpaired) electrons. The van der Waals surface area contributed by atoms with Gasteiger partial charge in [-0.05, 0) is 38.2 Å². The molecule has 4 rings (SSSR count). The molecule has 32 heavy (non-hydrogen) atoms. The van der Waals surface area contributed by atoms with Gasteiger partial charge in [0.15, 0.2) is 17.2 Å². The van der Waals surface area contributed by atoms with Crippen molar-refractivity contribution in [3.8, 4) is 22.8 Å². The molecule has 0 aliphatic heterocycles. The van der Waals surface area contributed by atoms with Gasteiger partial charge in [0.25, 0.3) is 0 Å². The molecule has 0 unspecified atom stereocenters. The number of likely N-dealkylation sites (N-methyl/N-ethyl adjacent to an activating group) is 1. The van der Waals surface area contributed by atoms with Crippen LogP contribution >= 0.6 is 11.6 Å². The first-order chi connectivity index (χ1) is 15.3. The summed E-state index contributed by atoms with van der Waals surface area (Å²) in [6.07, 6.45) is 0. The molecule has 2 aromatic carbocycles. The van der Waals surface area contributed by atoms with Crippen LogP contribution in [0.5, 0.6) is 11.5 Å². The summed E-state index contributed by atoms with van der Waals surface area (Å²) in [4.78, 5) is 6.60. The number of hydrogen-bond donors (Lipinski definition) is 2. The summed E-state index contributed by atoms with van der Waals surface area (Å²) in [5.41, 5.74) is 1.40. The number of benzene rings is 2. The number of fused-ring (bicyclic) bond motifs is 3. The molecule has 0 fully saturated rings. The van der Waals surface area contributed by atoms with Crippen LogP contribution in [0.3, 0.4) is 0 Å². The molecule has 0 aliphatic rings. The zero-order valence-corrected chi connectivity index (χ0v) is 18.7. The minimum absolute atomic E-state index is 0.00245. The standard InChI is InChI=1S/C23H23ClF2N4O2/c1-4-30(5-2)8-9-32-17-11-15(25)19-20(21(17)26)18-12(3)28-29-23(18)27-22(19)13-6-7-16(31)14(24)10-13/h6-7,10-11,31H,4-5,8-9H2,1-3H3,(H,27,28,29). The van der Waals surface area contributed by atoms with Gasteiger partial charge in [0.05, 0.1) is 16.1 Å². The molecule has 0 saturated carbocycles. The maximum absolute atomic E-state index is 15.7. The van der Waals surface area contributed by atoms with Crippen LogP contribution in [0.15, 0.2) is 24.3 Å². The summed E-state index contributed by atoms with van der Waals surface area (Å²) in [5.74, 6) is -1.63. The molecule has 9 heteroatoms. The minimum atomic E-state index is -0.677. The zero-order chi connectivity index (χ0) is 23.0. The minimum Gasteiger partial charge on any atom is -0.506 e. The third-order valence-electron chi connectivity index (χ3n) is 5.60. The topological polar surface area (TPSA) is 74.3 Å². The van der Waals surface area contributed by atoms with Gasteiger partial charge in [-0.2, -0.15) is 5.10 Å². The van der Waals surface area contributed by atoms with E-state index in [1.54, 1.807) is 13.0 Å². The number of H-pyrrole nitrogens is 1. The Kier molecular flexibility index (Phi) is 6.17. The fourth-order valence-electron chi connectivity index (χ4n) is 3.82. The monoisotopic (exact) mass is 460 g/mol. The Morgan fingerprint density at radius 2 is 1.88 bits per heavy atom. The van der Waals surface area contributed by atoms with Crippen LogP contribution in [0.2, 0.25) is 5.02 Å². The van der Waals surface area contributed by atoms with Gasteiger partial charge in [0.2, 0.25) is 0 Å². The van der Waals surface area contributed by atoms with Crippen molar-refractivity contribution in [3.63, 3.8) is 0 Å². The average Bonchev–Trinajstić information content (AvgIpc) is 3.16. The van der Waals surface area contributed by atoms with E-state index in [0.717, 1.165) is 19.2 Å². The lowest BCUT2D eigenvalue weighted by atomic mass is 9.99. The first-order valence-corrected chi connectivity index (χ1v) is 10.7. The number of aryl methyl sites for hydroxylation is 1. The Bertz CT molecular complexity index is 1300. The molecular weight excluding hydrogens is 438 g/mol. The largest absolute Gasteiger partial charge is 0.506 e. The molecule has 2 heterocycles. The molecule has 168 valence electrons. The number of phenols is 1. The molecule has 2 N–H and O–H groups in total. The fourth-order valence-corrected chi connectivity index (χ4v) is 4.00. The van der Waals surface area contributed by atoms with Crippen LogP contribution in [0, 0.1) is 18.6 Å². The van der Waals surface area contributed by atoms with Crippen molar-refractivity contribution in [1.29, 1.82) is 0 Å². The van der Waals surface area contributed by atoms with Crippen LogP contribution < -0.4 is 4.74 Å². The Labute approximate surface area is 188 Å². The number of nitrogens with zero attached hydrogens (tertiary/aromatic N) is 3. The van der Waals surface area contributed by atoms with E-state index < -0.39 is 11.6 Å². The van der Waals surface area contributed by atoms with Crippen molar-refractivity contribution < 1.29 is 18.6 Å². The third kappa shape index (κ3) is 3.84. The van der Waals surface area contributed by atoms with Crippen LogP contribution in [0.4, 0.5) is 8.78 Å². The number of phenolic OH excluding ortho intramolecular Hbond substituents is 1. The Morgan fingerprint density at radius 1 is 1.12 bits per heavy atom. The number of ether oxygens (including phenoxy) is 1. The average molecular weight is 461 g/mol. The molecule has 0 bridgehead atoms. The van der Waals surface area contributed by atoms with E-state index in [-0.39, 0.29) is 45.2 Å². The van der Waals surface area contributed by atoms with Crippen LogP contribution in [0.25, 0.3) is 33.1 Å². The van der Waals surface area contributed by atoms with Crippen molar-refractivity contribution in [3.05, 3.63) is 46.6 Å². The molecule has 4 aromatic rings. The highest BCUT2D eigenvalue weighted by Crippen LogP contribution is 2.40. The number of nitrogens with one attached hydrogen (secondary N) is 1. The van der Waals surface area contributed by atoms with Gasteiger partial charge in [-0.3, -0.25) is 5.10 Å². The second kappa shape index (κ2) is 8.88. The molecule has 0 aliphatic carbocycles. The van der Waals surface area contributed by atoms with Crippen molar-refractivity contribution >= 4 is 33.4 Å². The summed E-state index contributed by atoms with van der Waals surface area (Å²) in [6.45, 7) is 8.28. The van der Waals surface area contributed by atoms with E-state index in [2.05, 4.69) is 20.1 Å². The van der Waals surface area contributed by atoms with E-state index in [1.807, 2.05) is 13.8 Å². The van der Waals surface area contributed by atoms with E-state index in [4.69, 9.17) is 16.3 Å².